The van der Waals surface area contributed by atoms with Crippen molar-refractivity contribution in [1.82, 2.24) is 25.6 Å². The fourth-order valence-corrected chi connectivity index (χ4v) is 1.88. The predicted octanol–water partition coefficient (Wildman–Crippen LogP) is -1.20. The molecular weight excluding hydrogens is 186 g/mol. The van der Waals surface area contributed by atoms with Crippen LogP contribution in [0.25, 0.3) is 0 Å². The largest absolute Gasteiger partial charge is 0.333 e. The van der Waals surface area contributed by atoms with Gasteiger partial charge < -0.3 is 14.7 Å². The minimum Gasteiger partial charge on any atom is -0.307 e. The molecule has 0 saturated carbocycles. The van der Waals surface area contributed by atoms with Crippen LogP contribution in [0.4, 0.5) is 9.59 Å². The molecule has 0 spiro atoms. The van der Waals surface area contributed by atoms with Gasteiger partial charge in [-0.15, -0.1) is 0 Å². The molecule has 2 heterocycles. The molecule has 0 aliphatic carbocycles. The molecule has 0 aromatic rings. The van der Waals surface area contributed by atoms with Gasteiger partial charge in [-0.05, 0) is 0 Å². The Morgan fingerprint density at radius 3 is 2.36 bits per heavy atom. The first-order chi connectivity index (χ1) is 6.54. The van der Waals surface area contributed by atoms with Crippen molar-refractivity contribution in [3.63, 3.8) is 0 Å². The summed E-state index contributed by atoms with van der Waals surface area (Å²) in [5.41, 5.74) is 5.29. The molecule has 2 atom stereocenters. The van der Waals surface area contributed by atoms with Crippen molar-refractivity contribution in [3.05, 3.63) is 0 Å². The number of nitrogens with zero attached hydrogens (tertiary/aromatic N) is 3. The van der Waals surface area contributed by atoms with Crippen LogP contribution in [0.5, 0.6) is 0 Å². The Balaban J connectivity index is 2.29. The number of likely N-dealkylation sites (N-methyl/N-ethyl adjacent to an activating group) is 3. The molecule has 2 saturated heterocycles. The van der Waals surface area contributed by atoms with Crippen LogP contribution in [0.1, 0.15) is 0 Å². The summed E-state index contributed by atoms with van der Waals surface area (Å²) in [6.45, 7) is 0. The zero-order valence-corrected chi connectivity index (χ0v) is 8.31. The van der Waals surface area contributed by atoms with E-state index in [0.29, 0.717) is 0 Å². The summed E-state index contributed by atoms with van der Waals surface area (Å²) in [4.78, 5) is 27.5. The third-order valence-electron chi connectivity index (χ3n) is 2.74. The van der Waals surface area contributed by atoms with Gasteiger partial charge in [0.05, 0.1) is 0 Å². The first-order valence-electron chi connectivity index (χ1n) is 4.32. The van der Waals surface area contributed by atoms with Crippen molar-refractivity contribution in [2.45, 2.75) is 12.3 Å². The maximum absolute atomic E-state index is 11.6. The van der Waals surface area contributed by atoms with E-state index in [1.54, 1.807) is 26.0 Å². The van der Waals surface area contributed by atoms with Gasteiger partial charge in [0.25, 0.3) is 0 Å². The van der Waals surface area contributed by atoms with Crippen molar-refractivity contribution in [2.24, 2.45) is 0 Å². The van der Waals surface area contributed by atoms with Gasteiger partial charge in [0.1, 0.15) is 12.3 Å². The zero-order valence-electron chi connectivity index (χ0n) is 8.31. The Kier molecular flexibility index (Phi) is 1.78. The fraction of sp³-hybridized carbons (Fsp3) is 0.714. The lowest BCUT2D eigenvalue weighted by molar-refractivity contribution is 0.0756. The van der Waals surface area contributed by atoms with Crippen LogP contribution in [0, 0.1) is 0 Å². The topological polar surface area (TPSA) is 67.9 Å². The van der Waals surface area contributed by atoms with Crippen LogP contribution in [-0.2, 0) is 0 Å². The molecule has 0 bridgehead atoms. The first-order valence-corrected chi connectivity index (χ1v) is 4.32. The molecule has 7 heteroatoms. The number of carbonyl (C=O) groups excluding carboxylic acids is 2. The van der Waals surface area contributed by atoms with Crippen molar-refractivity contribution in [1.29, 1.82) is 0 Å². The molecule has 2 aliphatic rings. The number of carbonyl (C=O) groups is 2. The molecule has 14 heavy (non-hydrogen) atoms. The molecule has 0 aromatic carbocycles. The van der Waals surface area contributed by atoms with Gasteiger partial charge >= 0.3 is 12.1 Å². The van der Waals surface area contributed by atoms with E-state index in [1.165, 1.54) is 9.80 Å². The molecule has 2 N–H and O–H groups in total. The van der Waals surface area contributed by atoms with E-state index in [2.05, 4.69) is 10.9 Å². The Morgan fingerprint density at radius 2 is 1.71 bits per heavy atom. The summed E-state index contributed by atoms with van der Waals surface area (Å²) < 4.78 is 0. The Bertz CT molecular complexity index is 290. The SMILES string of the molecule is CN1C(=O)NN[C@@H]2[C@@H]1N(C)C(=O)N2C. The number of amides is 4. The van der Waals surface area contributed by atoms with E-state index in [9.17, 15) is 9.59 Å². The molecule has 2 fully saturated rings. The Hall–Kier alpha value is -1.50. The number of urea groups is 2. The van der Waals surface area contributed by atoms with Crippen LogP contribution >= 0.6 is 0 Å². The summed E-state index contributed by atoms with van der Waals surface area (Å²) in [6.07, 6.45) is -0.448. The van der Waals surface area contributed by atoms with E-state index in [4.69, 9.17) is 0 Å². The van der Waals surface area contributed by atoms with E-state index < -0.39 is 0 Å². The third-order valence-corrected chi connectivity index (χ3v) is 2.74. The van der Waals surface area contributed by atoms with E-state index >= 15 is 0 Å². The van der Waals surface area contributed by atoms with Gasteiger partial charge in [-0.3, -0.25) is 5.43 Å². The van der Waals surface area contributed by atoms with Gasteiger partial charge in [-0.25, -0.2) is 15.0 Å². The Labute approximate surface area is 81.6 Å². The maximum atomic E-state index is 11.6. The zero-order chi connectivity index (χ0) is 10.5. The number of nitrogens with one attached hydrogen (secondary N) is 2. The summed E-state index contributed by atoms with van der Waals surface area (Å²) in [6, 6.07) is -0.336. The first kappa shape index (κ1) is 9.07. The average molecular weight is 199 g/mol. The number of rotatable bonds is 0. The molecule has 0 unspecified atom stereocenters. The quantitative estimate of drug-likeness (QED) is 0.514. The van der Waals surface area contributed by atoms with Gasteiger partial charge in [0.2, 0.25) is 0 Å². The van der Waals surface area contributed by atoms with Crippen LogP contribution in [-0.4, -0.2) is 60.2 Å². The number of hydrazine groups is 1. The lowest BCUT2D eigenvalue weighted by atomic mass is 10.3. The number of hydrogen-bond donors (Lipinski definition) is 2. The minimum absolute atomic E-state index is 0.101. The van der Waals surface area contributed by atoms with Crippen LogP contribution in [0.2, 0.25) is 0 Å². The van der Waals surface area contributed by atoms with Gasteiger partial charge in [0, 0.05) is 21.1 Å². The monoisotopic (exact) mass is 199 g/mol. The van der Waals surface area contributed by atoms with Crippen LogP contribution in [0.15, 0.2) is 0 Å². The third kappa shape index (κ3) is 0.955. The lowest BCUT2D eigenvalue weighted by Crippen LogP contribution is -2.67. The minimum atomic E-state index is -0.249. The molecule has 2 rings (SSSR count). The highest BCUT2D eigenvalue weighted by Crippen LogP contribution is 2.21. The molecule has 2 aliphatic heterocycles. The molecule has 7 nitrogen and oxygen atoms in total. The molecular formula is C7H13N5O2. The molecule has 0 aromatic heterocycles. The highest BCUT2D eigenvalue weighted by atomic mass is 16.2. The standard InChI is InChI=1S/C7H13N5O2/c1-10-4-5(12(3)7(10)14)11(2)6(13)9-8-4/h4-5,8H,1-3H3,(H,9,13)/t4-,5-/m0/s1. The fourth-order valence-electron chi connectivity index (χ4n) is 1.88. The number of hydrogen-bond acceptors (Lipinski definition) is 3. The second-order valence-electron chi connectivity index (χ2n) is 3.55. The van der Waals surface area contributed by atoms with Crippen LogP contribution in [0.3, 0.4) is 0 Å². The van der Waals surface area contributed by atoms with E-state index in [-0.39, 0.29) is 24.4 Å². The van der Waals surface area contributed by atoms with Gasteiger partial charge in [-0.1, -0.05) is 0 Å². The summed E-state index contributed by atoms with van der Waals surface area (Å²) in [5, 5.41) is 0. The Morgan fingerprint density at radius 1 is 1.07 bits per heavy atom. The average Bonchev–Trinajstić information content (AvgIpc) is 2.38. The smallest absolute Gasteiger partial charge is 0.307 e. The second kappa shape index (κ2) is 2.74. The predicted molar refractivity (Wildman–Crippen MR) is 47.9 cm³/mol. The summed E-state index contributed by atoms with van der Waals surface area (Å²) in [7, 11) is 5.04. The second-order valence-corrected chi connectivity index (χ2v) is 3.55. The number of fused-ring (bicyclic) bond motifs is 1. The van der Waals surface area contributed by atoms with Crippen molar-refractivity contribution < 1.29 is 9.59 Å². The summed E-state index contributed by atoms with van der Waals surface area (Å²) >= 11 is 0. The van der Waals surface area contributed by atoms with Gasteiger partial charge in [-0.2, -0.15) is 0 Å². The lowest BCUT2D eigenvalue weighted by Gasteiger charge is -2.38. The van der Waals surface area contributed by atoms with E-state index in [1.807, 2.05) is 0 Å². The molecule has 0 radical (unpaired) electrons. The van der Waals surface area contributed by atoms with E-state index in [0.717, 1.165) is 0 Å². The van der Waals surface area contributed by atoms with Crippen molar-refractivity contribution >= 4 is 12.1 Å². The van der Waals surface area contributed by atoms with Crippen molar-refractivity contribution in [3.8, 4) is 0 Å². The highest BCUT2D eigenvalue weighted by Gasteiger charge is 2.48. The molecule has 4 amide bonds. The molecule has 78 valence electrons. The highest BCUT2D eigenvalue weighted by molar-refractivity contribution is 5.81. The normalized spacial score (nSPS) is 32.1. The maximum Gasteiger partial charge on any atom is 0.333 e. The van der Waals surface area contributed by atoms with Crippen molar-refractivity contribution in [2.75, 3.05) is 21.1 Å². The van der Waals surface area contributed by atoms with Crippen LogP contribution < -0.4 is 10.9 Å². The van der Waals surface area contributed by atoms with Gasteiger partial charge in [0.15, 0.2) is 0 Å². The summed E-state index contributed by atoms with van der Waals surface area (Å²) in [5.74, 6) is 0.